The Bertz CT molecular complexity index is 1240. The molecule has 1 amide bonds. The van der Waals surface area contributed by atoms with E-state index in [9.17, 15) is 26.4 Å². The molecule has 194 valence electrons. The second-order valence-electron chi connectivity index (χ2n) is 10.8. The maximum atomic E-state index is 13.4. The fourth-order valence-corrected chi connectivity index (χ4v) is 8.05. The third-order valence-electron chi connectivity index (χ3n) is 8.05. The van der Waals surface area contributed by atoms with Gasteiger partial charge >= 0.3 is 6.18 Å². The minimum atomic E-state index is -4.74. The number of hydrogen-bond donors (Lipinski definition) is 1. The molecule has 5 nitrogen and oxygen atoms in total. The molecule has 0 aliphatic heterocycles. The fraction of sp³-hybridized carbons (Fsp3) is 0.500. The number of halogens is 4. The van der Waals surface area contributed by atoms with Gasteiger partial charge in [0.25, 0.3) is 0 Å². The summed E-state index contributed by atoms with van der Waals surface area (Å²) >= 11 is 5.69. The van der Waals surface area contributed by atoms with E-state index in [-0.39, 0.29) is 10.4 Å². The Hall–Kier alpha value is -2.26. The summed E-state index contributed by atoms with van der Waals surface area (Å²) in [6.45, 7) is -0.657. The molecule has 6 rings (SSSR count). The average Bonchev–Trinajstić information content (AvgIpc) is 2.76. The van der Waals surface area contributed by atoms with E-state index in [0.29, 0.717) is 11.8 Å². The van der Waals surface area contributed by atoms with Crippen molar-refractivity contribution in [2.75, 3.05) is 22.4 Å². The molecule has 0 aromatic heterocycles. The lowest BCUT2D eigenvalue weighted by Gasteiger charge is -2.57. The zero-order chi connectivity index (χ0) is 25.9. The van der Waals surface area contributed by atoms with Crippen LogP contribution in [0.15, 0.2) is 42.5 Å². The first-order valence-corrected chi connectivity index (χ1v) is 14.3. The molecule has 0 unspecified atom stereocenters. The Labute approximate surface area is 214 Å². The summed E-state index contributed by atoms with van der Waals surface area (Å²) in [7, 11) is -3.88. The summed E-state index contributed by atoms with van der Waals surface area (Å²) in [5.74, 6) is 1.41. The van der Waals surface area contributed by atoms with Crippen molar-refractivity contribution < 1.29 is 26.4 Å². The van der Waals surface area contributed by atoms with Crippen molar-refractivity contribution >= 4 is 38.9 Å². The van der Waals surface area contributed by atoms with Crippen LogP contribution in [-0.2, 0) is 26.4 Å². The van der Waals surface area contributed by atoms with Crippen LogP contribution in [0.2, 0.25) is 5.02 Å². The maximum Gasteiger partial charge on any atom is 0.418 e. The minimum absolute atomic E-state index is 0.128. The van der Waals surface area contributed by atoms with Crippen molar-refractivity contribution in [3.05, 3.63) is 58.6 Å². The molecule has 4 saturated carbocycles. The number of benzene rings is 2. The third-order valence-corrected chi connectivity index (χ3v) is 9.43. The number of hydrogen-bond acceptors (Lipinski definition) is 3. The van der Waals surface area contributed by atoms with E-state index in [1.165, 1.54) is 50.2 Å². The van der Waals surface area contributed by atoms with Gasteiger partial charge in [-0.2, -0.15) is 13.2 Å². The van der Waals surface area contributed by atoms with Gasteiger partial charge in [-0.3, -0.25) is 9.10 Å². The summed E-state index contributed by atoms with van der Waals surface area (Å²) in [5.41, 5.74) is 0.0626. The van der Waals surface area contributed by atoms with Crippen molar-refractivity contribution in [1.82, 2.24) is 0 Å². The summed E-state index contributed by atoms with van der Waals surface area (Å²) in [6.07, 6.45) is 3.68. The smallest absolute Gasteiger partial charge is 0.324 e. The normalized spacial score (nSPS) is 27.2. The quantitative estimate of drug-likeness (QED) is 0.472. The molecule has 4 bridgehead atoms. The number of anilines is 2. The van der Waals surface area contributed by atoms with Crippen LogP contribution in [0, 0.1) is 17.8 Å². The second-order valence-corrected chi connectivity index (χ2v) is 13.1. The highest BCUT2D eigenvalue weighted by Gasteiger charge is 2.51. The van der Waals surface area contributed by atoms with Gasteiger partial charge < -0.3 is 5.32 Å². The standard InChI is InChI=1S/C26H28ClF3N2O3S/c1-36(34,35)32(15-24(33)31-23-7-4-20(27)11-22(23)26(28,29)30)21-5-2-19(3-6-21)25-12-16-8-17(13-25)10-18(9-16)14-25/h2-7,11,16-18H,8-10,12-15H2,1H3,(H,31,33). The van der Waals surface area contributed by atoms with Crippen LogP contribution in [0.4, 0.5) is 24.5 Å². The molecule has 4 aliphatic rings. The molecular formula is C26H28ClF3N2O3S. The van der Waals surface area contributed by atoms with Crippen LogP contribution in [0.1, 0.15) is 49.7 Å². The molecule has 0 spiro atoms. The molecule has 4 aliphatic carbocycles. The van der Waals surface area contributed by atoms with Crippen molar-refractivity contribution in [2.45, 2.75) is 50.1 Å². The zero-order valence-electron chi connectivity index (χ0n) is 19.8. The monoisotopic (exact) mass is 540 g/mol. The van der Waals surface area contributed by atoms with Crippen LogP contribution in [-0.4, -0.2) is 27.1 Å². The molecule has 1 N–H and O–H groups in total. The van der Waals surface area contributed by atoms with E-state index in [2.05, 4.69) is 5.32 Å². The van der Waals surface area contributed by atoms with E-state index in [0.717, 1.165) is 34.4 Å². The number of nitrogens with one attached hydrogen (secondary N) is 1. The highest BCUT2D eigenvalue weighted by atomic mass is 35.5. The molecular weight excluding hydrogens is 513 g/mol. The van der Waals surface area contributed by atoms with E-state index < -0.39 is 39.9 Å². The van der Waals surface area contributed by atoms with Gasteiger partial charge in [-0.1, -0.05) is 23.7 Å². The van der Waals surface area contributed by atoms with Crippen LogP contribution in [0.25, 0.3) is 0 Å². The van der Waals surface area contributed by atoms with Crippen LogP contribution >= 0.6 is 11.6 Å². The predicted molar refractivity (Wildman–Crippen MR) is 134 cm³/mol. The summed E-state index contributed by atoms with van der Waals surface area (Å²) in [4.78, 5) is 12.7. The highest BCUT2D eigenvalue weighted by Crippen LogP contribution is 2.60. The fourth-order valence-electron chi connectivity index (χ4n) is 7.03. The first-order chi connectivity index (χ1) is 16.8. The van der Waals surface area contributed by atoms with Gasteiger partial charge in [0.15, 0.2) is 0 Å². The summed E-state index contributed by atoms with van der Waals surface area (Å²) in [5, 5.41) is 2.07. The Morgan fingerprint density at radius 1 is 1.03 bits per heavy atom. The molecule has 4 fully saturated rings. The lowest BCUT2D eigenvalue weighted by atomic mass is 9.48. The first-order valence-electron chi connectivity index (χ1n) is 12.1. The predicted octanol–water partition coefficient (Wildman–Crippen LogP) is 6.23. The zero-order valence-corrected chi connectivity index (χ0v) is 21.4. The Balaban J connectivity index is 1.36. The number of alkyl halides is 3. The molecule has 0 atom stereocenters. The molecule has 0 radical (unpaired) electrons. The SMILES string of the molecule is CS(=O)(=O)N(CC(=O)Nc1ccc(Cl)cc1C(F)(F)F)c1ccc(C23CC4CC(CC(C4)C2)C3)cc1. The third kappa shape index (κ3) is 4.96. The van der Waals surface area contributed by atoms with Gasteiger partial charge in [0, 0.05) is 5.02 Å². The molecule has 0 saturated heterocycles. The molecule has 0 heterocycles. The van der Waals surface area contributed by atoms with Crippen LogP contribution in [0.3, 0.4) is 0 Å². The average molecular weight is 541 g/mol. The van der Waals surface area contributed by atoms with Gasteiger partial charge in [-0.25, -0.2) is 8.42 Å². The van der Waals surface area contributed by atoms with Crippen LogP contribution < -0.4 is 9.62 Å². The topological polar surface area (TPSA) is 66.5 Å². The van der Waals surface area contributed by atoms with Gasteiger partial charge in [-0.05, 0) is 97.6 Å². The number of amides is 1. The Kier molecular flexibility index (Phi) is 6.31. The van der Waals surface area contributed by atoms with Crippen molar-refractivity contribution in [3.8, 4) is 0 Å². The van der Waals surface area contributed by atoms with E-state index >= 15 is 0 Å². The van der Waals surface area contributed by atoms with Crippen LogP contribution in [0.5, 0.6) is 0 Å². The van der Waals surface area contributed by atoms with E-state index in [1.54, 1.807) is 12.1 Å². The number of nitrogens with zero attached hydrogens (tertiary/aromatic N) is 1. The number of rotatable bonds is 6. The van der Waals surface area contributed by atoms with Crippen molar-refractivity contribution in [3.63, 3.8) is 0 Å². The Morgan fingerprint density at radius 2 is 1.58 bits per heavy atom. The Morgan fingerprint density at radius 3 is 2.08 bits per heavy atom. The van der Waals surface area contributed by atoms with E-state index in [4.69, 9.17) is 11.6 Å². The van der Waals surface area contributed by atoms with E-state index in [1.807, 2.05) is 12.1 Å². The molecule has 10 heteroatoms. The first kappa shape index (κ1) is 25.4. The van der Waals surface area contributed by atoms with Gasteiger partial charge in [0.1, 0.15) is 6.54 Å². The van der Waals surface area contributed by atoms with Crippen molar-refractivity contribution in [2.24, 2.45) is 17.8 Å². The molecule has 2 aromatic carbocycles. The maximum absolute atomic E-state index is 13.4. The van der Waals surface area contributed by atoms with Gasteiger partial charge in [-0.15, -0.1) is 0 Å². The van der Waals surface area contributed by atoms with Gasteiger partial charge in [0.2, 0.25) is 15.9 Å². The lowest BCUT2D eigenvalue weighted by Crippen LogP contribution is -2.48. The largest absolute Gasteiger partial charge is 0.418 e. The van der Waals surface area contributed by atoms with Gasteiger partial charge in [0.05, 0.1) is 23.2 Å². The summed E-state index contributed by atoms with van der Waals surface area (Å²) < 4.78 is 66.2. The minimum Gasteiger partial charge on any atom is -0.324 e. The highest BCUT2D eigenvalue weighted by molar-refractivity contribution is 7.92. The molecule has 36 heavy (non-hydrogen) atoms. The number of carbonyl (C=O) groups excluding carboxylic acids is 1. The van der Waals surface area contributed by atoms with Crippen molar-refractivity contribution in [1.29, 1.82) is 0 Å². The summed E-state index contributed by atoms with van der Waals surface area (Å²) in [6, 6.07) is 10.3. The molecule has 2 aromatic rings. The number of carbonyl (C=O) groups is 1. The second kappa shape index (κ2) is 8.94. The number of sulfonamides is 1. The lowest BCUT2D eigenvalue weighted by molar-refractivity contribution is -0.137.